The van der Waals surface area contributed by atoms with Gasteiger partial charge in [0.05, 0.1) is 22.2 Å². The van der Waals surface area contributed by atoms with Crippen LogP contribution in [0.2, 0.25) is 5.02 Å². The van der Waals surface area contributed by atoms with Crippen LogP contribution in [0.15, 0.2) is 52.4 Å². The first-order valence-electron chi connectivity index (χ1n) is 8.47. The Morgan fingerprint density at radius 2 is 2.00 bits per heavy atom. The van der Waals surface area contributed by atoms with Gasteiger partial charge in [-0.15, -0.1) is 0 Å². The maximum atomic E-state index is 13.8. The van der Waals surface area contributed by atoms with Crippen molar-refractivity contribution in [1.29, 1.82) is 0 Å². The van der Waals surface area contributed by atoms with Gasteiger partial charge in [0.25, 0.3) is 5.56 Å². The van der Waals surface area contributed by atoms with Gasteiger partial charge in [0.2, 0.25) is 0 Å². The van der Waals surface area contributed by atoms with Crippen LogP contribution in [0.25, 0.3) is 10.9 Å². The van der Waals surface area contributed by atoms with Gasteiger partial charge in [0.15, 0.2) is 10.9 Å². The summed E-state index contributed by atoms with van der Waals surface area (Å²) in [5, 5.41) is 1.34. The van der Waals surface area contributed by atoms with Crippen molar-refractivity contribution < 1.29 is 9.18 Å². The number of aromatic nitrogens is 2. The molecule has 1 aromatic heterocycles. The molecule has 0 spiro atoms. The molecule has 0 unspecified atom stereocenters. The molecule has 0 aliphatic heterocycles. The lowest BCUT2D eigenvalue weighted by Crippen LogP contribution is -2.26. The summed E-state index contributed by atoms with van der Waals surface area (Å²) in [6.07, 6.45) is 0. The Balaban J connectivity index is 1.97. The van der Waals surface area contributed by atoms with Crippen LogP contribution in [-0.2, 0) is 6.54 Å². The van der Waals surface area contributed by atoms with Crippen molar-refractivity contribution in [2.45, 2.75) is 25.5 Å². The number of thioether (sulfide) groups is 1. The lowest BCUT2D eigenvalue weighted by Gasteiger charge is -2.15. The second-order valence-corrected chi connectivity index (χ2v) is 7.94. The highest BCUT2D eigenvalue weighted by Crippen LogP contribution is 2.22. The molecule has 3 aromatic rings. The number of halogens is 2. The zero-order valence-electron chi connectivity index (χ0n) is 14.9. The van der Waals surface area contributed by atoms with Crippen molar-refractivity contribution in [3.63, 3.8) is 0 Å². The van der Waals surface area contributed by atoms with Gasteiger partial charge in [-0.05, 0) is 36.2 Å². The molecule has 4 nitrogen and oxygen atoms in total. The van der Waals surface area contributed by atoms with Gasteiger partial charge < -0.3 is 0 Å². The molecule has 0 aliphatic rings. The molecule has 27 heavy (non-hydrogen) atoms. The molecule has 0 saturated carbocycles. The minimum absolute atomic E-state index is 0.00936. The second kappa shape index (κ2) is 8.23. The monoisotopic (exact) mass is 404 g/mol. The zero-order chi connectivity index (χ0) is 19.6. The Bertz CT molecular complexity index is 1070. The van der Waals surface area contributed by atoms with Crippen LogP contribution in [0.1, 0.15) is 24.2 Å². The molecular formula is C20H18ClFN2O2S. The molecule has 1 heterocycles. The summed E-state index contributed by atoms with van der Waals surface area (Å²) < 4.78 is 15.4. The summed E-state index contributed by atoms with van der Waals surface area (Å²) in [5.74, 6) is -0.698. The van der Waals surface area contributed by atoms with E-state index < -0.39 is 5.82 Å². The molecule has 0 radical (unpaired) electrons. The lowest BCUT2D eigenvalue weighted by atomic mass is 10.1. The van der Waals surface area contributed by atoms with E-state index in [0.717, 1.165) is 11.8 Å². The maximum absolute atomic E-state index is 13.8. The molecule has 7 heteroatoms. The number of Topliss-reactive ketones (excluding diaryl/α,β-unsaturated/α-hetero) is 1. The lowest BCUT2D eigenvalue weighted by molar-refractivity contribution is 0.101. The fourth-order valence-electron chi connectivity index (χ4n) is 2.70. The zero-order valence-corrected chi connectivity index (χ0v) is 16.5. The SMILES string of the molecule is CC(C)Cn1c(SCC(=O)c2ccccc2F)nc2ccc(Cl)cc2c1=O. The third-order valence-corrected chi connectivity index (χ3v) is 5.15. The van der Waals surface area contributed by atoms with E-state index in [9.17, 15) is 14.0 Å². The minimum Gasteiger partial charge on any atom is -0.293 e. The Morgan fingerprint density at radius 3 is 2.70 bits per heavy atom. The van der Waals surface area contributed by atoms with E-state index in [1.54, 1.807) is 28.8 Å². The highest BCUT2D eigenvalue weighted by atomic mass is 35.5. The van der Waals surface area contributed by atoms with Gasteiger partial charge in [-0.1, -0.05) is 49.3 Å². The molecule has 0 saturated heterocycles. The average molecular weight is 405 g/mol. The summed E-state index contributed by atoms with van der Waals surface area (Å²) in [6.45, 7) is 4.45. The highest BCUT2D eigenvalue weighted by molar-refractivity contribution is 7.99. The summed E-state index contributed by atoms with van der Waals surface area (Å²) in [7, 11) is 0. The first-order valence-corrected chi connectivity index (χ1v) is 9.84. The fraction of sp³-hybridized carbons (Fsp3) is 0.250. The molecule has 0 bridgehead atoms. The Morgan fingerprint density at radius 1 is 1.26 bits per heavy atom. The Labute approximate surface area is 165 Å². The number of fused-ring (bicyclic) bond motifs is 1. The van der Waals surface area contributed by atoms with Crippen LogP contribution in [-0.4, -0.2) is 21.1 Å². The van der Waals surface area contributed by atoms with Gasteiger partial charge >= 0.3 is 0 Å². The Hall–Kier alpha value is -2.18. The molecule has 0 atom stereocenters. The van der Waals surface area contributed by atoms with E-state index >= 15 is 0 Å². The maximum Gasteiger partial charge on any atom is 0.262 e. The van der Waals surface area contributed by atoms with Gasteiger partial charge in [-0.25, -0.2) is 9.37 Å². The first kappa shape index (κ1) is 19.6. The highest BCUT2D eigenvalue weighted by Gasteiger charge is 2.16. The largest absolute Gasteiger partial charge is 0.293 e. The average Bonchev–Trinajstić information content (AvgIpc) is 2.63. The number of nitrogens with zero attached hydrogens (tertiary/aromatic N) is 2. The quantitative estimate of drug-likeness (QED) is 0.336. The fourth-order valence-corrected chi connectivity index (χ4v) is 3.77. The molecule has 0 amide bonds. The summed E-state index contributed by atoms with van der Waals surface area (Å²) >= 11 is 7.15. The van der Waals surface area contributed by atoms with Crippen LogP contribution >= 0.6 is 23.4 Å². The second-order valence-electron chi connectivity index (χ2n) is 6.56. The molecule has 0 N–H and O–H groups in total. The molecule has 2 aromatic carbocycles. The normalized spacial score (nSPS) is 11.3. The van der Waals surface area contributed by atoms with Gasteiger partial charge in [0.1, 0.15) is 5.82 Å². The Kier molecular flexibility index (Phi) is 5.97. The van der Waals surface area contributed by atoms with E-state index in [2.05, 4.69) is 4.98 Å². The predicted molar refractivity (Wildman–Crippen MR) is 107 cm³/mol. The summed E-state index contributed by atoms with van der Waals surface area (Å²) in [5.41, 5.74) is 0.359. The number of carbonyl (C=O) groups is 1. The first-order chi connectivity index (χ1) is 12.9. The smallest absolute Gasteiger partial charge is 0.262 e. The minimum atomic E-state index is -0.552. The van der Waals surface area contributed by atoms with E-state index in [1.807, 2.05) is 13.8 Å². The summed E-state index contributed by atoms with van der Waals surface area (Å²) in [4.78, 5) is 29.8. The molecule has 0 aliphatic carbocycles. The number of hydrogen-bond acceptors (Lipinski definition) is 4. The molecule has 140 valence electrons. The molecule has 3 rings (SSSR count). The van der Waals surface area contributed by atoms with E-state index in [0.29, 0.717) is 27.6 Å². The van der Waals surface area contributed by atoms with Crippen LogP contribution in [0.5, 0.6) is 0 Å². The molecular weight excluding hydrogens is 387 g/mol. The van der Waals surface area contributed by atoms with E-state index in [4.69, 9.17) is 11.6 Å². The van der Waals surface area contributed by atoms with Crippen LogP contribution in [0.4, 0.5) is 4.39 Å². The molecule has 0 fully saturated rings. The van der Waals surface area contributed by atoms with Crippen molar-refractivity contribution >= 4 is 40.0 Å². The number of carbonyl (C=O) groups excluding carboxylic acids is 1. The van der Waals surface area contributed by atoms with Crippen molar-refractivity contribution in [2.24, 2.45) is 5.92 Å². The van der Waals surface area contributed by atoms with Crippen LogP contribution in [0, 0.1) is 11.7 Å². The number of benzene rings is 2. The number of rotatable bonds is 6. The summed E-state index contributed by atoms with van der Waals surface area (Å²) in [6, 6.07) is 10.8. The van der Waals surface area contributed by atoms with Crippen LogP contribution in [0.3, 0.4) is 0 Å². The van der Waals surface area contributed by atoms with Gasteiger partial charge in [-0.2, -0.15) is 0 Å². The number of hydrogen-bond donors (Lipinski definition) is 0. The van der Waals surface area contributed by atoms with E-state index in [1.165, 1.54) is 18.2 Å². The third kappa shape index (κ3) is 4.39. The van der Waals surface area contributed by atoms with E-state index in [-0.39, 0.29) is 28.6 Å². The van der Waals surface area contributed by atoms with Crippen molar-refractivity contribution in [3.05, 3.63) is 69.2 Å². The van der Waals surface area contributed by atoms with Gasteiger partial charge in [0, 0.05) is 11.6 Å². The van der Waals surface area contributed by atoms with Crippen LogP contribution < -0.4 is 5.56 Å². The standard InChI is InChI=1S/C20H18ClFN2O2S/c1-12(2)10-24-19(26)15-9-13(21)7-8-17(15)23-20(24)27-11-18(25)14-5-3-4-6-16(14)22/h3-9,12H,10-11H2,1-2H3. The van der Waals surface area contributed by atoms with Crippen molar-refractivity contribution in [1.82, 2.24) is 9.55 Å². The number of ketones is 1. The van der Waals surface area contributed by atoms with Crippen molar-refractivity contribution in [2.75, 3.05) is 5.75 Å². The van der Waals surface area contributed by atoms with Crippen molar-refractivity contribution in [3.8, 4) is 0 Å². The predicted octanol–water partition coefficient (Wildman–Crippen LogP) is 4.82. The topological polar surface area (TPSA) is 52.0 Å². The third-order valence-electron chi connectivity index (χ3n) is 3.94. The van der Waals surface area contributed by atoms with Gasteiger partial charge in [-0.3, -0.25) is 14.2 Å².